The van der Waals surface area contributed by atoms with Gasteiger partial charge >= 0.3 is 0 Å². The number of benzene rings is 2. The summed E-state index contributed by atoms with van der Waals surface area (Å²) in [5, 5.41) is 10.7. The average Bonchev–Trinajstić information content (AvgIpc) is 2.92. The Kier molecular flexibility index (Phi) is 4.75. The molecule has 2 aromatic carbocycles. The summed E-state index contributed by atoms with van der Waals surface area (Å²) >= 11 is 6.16. The van der Waals surface area contributed by atoms with Crippen LogP contribution in [0.1, 0.15) is 24.2 Å². The van der Waals surface area contributed by atoms with Crippen molar-refractivity contribution in [3.05, 3.63) is 64.9 Å². The maximum Gasteiger partial charge on any atom is 0.124 e. The lowest BCUT2D eigenvalue weighted by atomic mass is 10.1. The monoisotopic (exact) mass is 355 g/mol. The normalized spacial score (nSPS) is 18.7. The van der Waals surface area contributed by atoms with Crippen LogP contribution < -0.4 is 0 Å². The van der Waals surface area contributed by atoms with Gasteiger partial charge in [0.05, 0.1) is 23.7 Å². The van der Waals surface area contributed by atoms with Crippen molar-refractivity contribution in [2.75, 3.05) is 13.1 Å². The number of imidazole rings is 1. The van der Waals surface area contributed by atoms with Crippen LogP contribution in [0, 0.1) is 0 Å². The molecule has 1 fully saturated rings. The third-order valence-corrected chi connectivity index (χ3v) is 5.05. The number of likely N-dealkylation sites (tertiary alicyclic amines) is 1. The third-order valence-electron chi connectivity index (χ3n) is 4.82. The molecule has 3 aromatic rings. The molecule has 0 aliphatic carbocycles. The largest absolute Gasteiger partial charge is 0.392 e. The molecule has 0 amide bonds. The Morgan fingerprint density at radius 3 is 2.76 bits per heavy atom. The number of aromatic nitrogens is 2. The minimum atomic E-state index is -0.227. The first-order valence-corrected chi connectivity index (χ1v) is 9.16. The van der Waals surface area contributed by atoms with Crippen LogP contribution in [-0.4, -0.2) is 38.8 Å². The van der Waals surface area contributed by atoms with Crippen molar-refractivity contribution in [3.63, 3.8) is 0 Å². The molecule has 1 saturated heterocycles. The maximum atomic E-state index is 9.95. The number of fused-ring (bicyclic) bond motifs is 1. The third kappa shape index (κ3) is 3.71. The van der Waals surface area contributed by atoms with Crippen LogP contribution in [0.4, 0.5) is 0 Å². The van der Waals surface area contributed by atoms with Gasteiger partial charge in [-0.2, -0.15) is 0 Å². The van der Waals surface area contributed by atoms with E-state index >= 15 is 0 Å². The molecule has 1 aliphatic heterocycles. The molecular weight excluding hydrogens is 334 g/mol. The highest BCUT2D eigenvalue weighted by Crippen LogP contribution is 2.23. The van der Waals surface area contributed by atoms with Gasteiger partial charge in [-0.05, 0) is 43.1 Å². The minimum Gasteiger partial charge on any atom is -0.392 e. The van der Waals surface area contributed by atoms with Gasteiger partial charge < -0.3 is 9.67 Å². The molecule has 4 rings (SSSR count). The van der Waals surface area contributed by atoms with Crippen LogP contribution in [0.3, 0.4) is 0 Å². The number of piperidine rings is 1. The molecular formula is C20H22ClN3O. The quantitative estimate of drug-likeness (QED) is 0.776. The first-order valence-electron chi connectivity index (χ1n) is 8.78. The number of nitrogens with zero attached hydrogens (tertiary/aromatic N) is 3. The summed E-state index contributed by atoms with van der Waals surface area (Å²) in [6, 6.07) is 16.3. The zero-order valence-electron chi connectivity index (χ0n) is 14.1. The van der Waals surface area contributed by atoms with Gasteiger partial charge in [0.1, 0.15) is 5.82 Å². The minimum absolute atomic E-state index is 0.227. The van der Waals surface area contributed by atoms with E-state index < -0.39 is 0 Å². The van der Waals surface area contributed by atoms with Crippen LogP contribution >= 0.6 is 11.6 Å². The Labute approximate surface area is 152 Å². The molecule has 0 saturated carbocycles. The van der Waals surface area contributed by atoms with E-state index in [1.165, 1.54) is 5.56 Å². The first kappa shape index (κ1) is 16.6. The lowest BCUT2D eigenvalue weighted by Gasteiger charge is -2.29. The molecule has 1 aromatic heterocycles. The molecule has 0 radical (unpaired) electrons. The number of hydrogen-bond acceptors (Lipinski definition) is 3. The van der Waals surface area contributed by atoms with E-state index in [0.717, 1.165) is 55.9 Å². The Balaban J connectivity index is 1.70. The van der Waals surface area contributed by atoms with Gasteiger partial charge in [0, 0.05) is 18.1 Å². The lowest BCUT2D eigenvalue weighted by molar-refractivity contribution is 0.0651. The smallest absolute Gasteiger partial charge is 0.124 e. The molecule has 4 nitrogen and oxygen atoms in total. The molecule has 130 valence electrons. The summed E-state index contributed by atoms with van der Waals surface area (Å²) in [5.74, 6) is 1.02. The SMILES string of the molecule is O[C@@H]1CCCN(Cc2nc3cc(Cl)ccc3n2Cc2ccccc2)C1. The Morgan fingerprint density at radius 2 is 1.96 bits per heavy atom. The Hall–Kier alpha value is -1.88. The van der Waals surface area contributed by atoms with Crippen molar-refractivity contribution >= 4 is 22.6 Å². The van der Waals surface area contributed by atoms with Crippen LogP contribution in [0.2, 0.25) is 5.02 Å². The molecule has 25 heavy (non-hydrogen) atoms. The van der Waals surface area contributed by atoms with Gasteiger partial charge in [0.2, 0.25) is 0 Å². The second-order valence-electron chi connectivity index (χ2n) is 6.76. The number of hydrogen-bond donors (Lipinski definition) is 1. The van der Waals surface area contributed by atoms with Gasteiger partial charge in [-0.1, -0.05) is 41.9 Å². The molecule has 0 spiro atoms. The molecule has 5 heteroatoms. The Bertz CT molecular complexity index is 862. The van der Waals surface area contributed by atoms with Gasteiger partial charge in [-0.3, -0.25) is 4.90 Å². The summed E-state index contributed by atoms with van der Waals surface area (Å²) in [7, 11) is 0. The molecule has 1 N–H and O–H groups in total. The van der Waals surface area contributed by atoms with E-state index in [1.54, 1.807) is 0 Å². The summed E-state index contributed by atoms with van der Waals surface area (Å²) in [5.41, 5.74) is 3.27. The van der Waals surface area contributed by atoms with Gasteiger partial charge in [-0.15, -0.1) is 0 Å². The van der Waals surface area contributed by atoms with E-state index in [-0.39, 0.29) is 6.10 Å². The molecule has 1 aliphatic rings. The van der Waals surface area contributed by atoms with E-state index in [1.807, 2.05) is 24.3 Å². The summed E-state index contributed by atoms with van der Waals surface area (Å²) in [6.07, 6.45) is 1.70. The van der Waals surface area contributed by atoms with Gasteiger partial charge in [-0.25, -0.2) is 4.98 Å². The highest BCUT2D eigenvalue weighted by molar-refractivity contribution is 6.31. The maximum absolute atomic E-state index is 9.95. The van der Waals surface area contributed by atoms with Crippen molar-refractivity contribution in [3.8, 4) is 0 Å². The number of β-amino-alcohol motifs (C(OH)–C–C–N with tert-alkyl or cyclic N) is 1. The fourth-order valence-corrected chi connectivity index (χ4v) is 3.76. The molecule has 0 unspecified atom stereocenters. The van der Waals surface area contributed by atoms with E-state index in [4.69, 9.17) is 16.6 Å². The predicted octanol–water partition coefficient (Wildman–Crippen LogP) is 3.69. The van der Waals surface area contributed by atoms with Crippen LogP contribution in [-0.2, 0) is 13.1 Å². The van der Waals surface area contributed by atoms with Crippen molar-refractivity contribution in [2.24, 2.45) is 0 Å². The fraction of sp³-hybridized carbons (Fsp3) is 0.350. The fourth-order valence-electron chi connectivity index (χ4n) is 3.59. The van der Waals surface area contributed by atoms with Crippen molar-refractivity contribution < 1.29 is 5.11 Å². The number of aliphatic hydroxyl groups excluding tert-OH is 1. The number of halogens is 1. The van der Waals surface area contributed by atoms with E-state index in [2.05, 4.69) is 33.7 Å². The lowest BCUT2D eigenvalue weighted by Crippen LogP contribution is -2.38. The summed E-state index contributed by atoms with van der Waals surface area (Å²) in [6.45, 7) is 3.25. The van der Waals surface area contributed by atoms with Crippen molar-refractivity contribution in [1.82, 2.24) is 14.5 Å². The molecule has 2 heterocycles. The summed E-state index contributed by atoms with van der Waals surface area (Å²) in [4.78, 5) is 7.13. The highest BCUT2D eigenvalue weighted by Gasteiger charge is 2.20. The van der Waals surface area contributed by atoms with Crippen LogP contribution in [0.15, 0.2) is 48.5 Å². The van der Waals surface area contributed by atoms with E-state index in [9.17, 15) is 5.11 Å². The number of aliphatic hydroxyl groups is 1. The summed E-state index contributed by atoms with van der Waals surface area (Å²) < 4.78 is 2.27. The van der Waals surface area contributed by atoms with Crippen LogP contribution in [0.25, 0.3) is 11.0 Å². The Morgan fingerprint density at radius 1 is 1.12 bits per heavy atom. The van der Waals surface area contributed by atoms with E-state index in [0.29, 0.717) is 5.02 Å². The second kappa shape index (κ2) is 7.16. The first-order chi connectivity index (χ1) is 12.2. The second-order valence-corrected chi connectivity index (χ2v) is 7.20. The predicted molar refractivity (Wildman–Crippen MR) is 101 cm³/mol. The van der Waals surface area contributed by atoms with Crippen LogP contribution in [0.5, 0.6) is 0 Å². The zero-order chi connectivity index (χ0) is 17.2. The van der Waals surface area contributed by atoms with Crippen molar-refractivity contribution in [2.45, 2.75) is 32.0 Å². The van der Waals surface area contributed by atoms with Gasteiger partial charge in [0.15, 0.2) is 0 Å². The van der Waals surface area contributed by atoms with Gasteiger partial charge in [0.25, 0.3) is 0 Å². The molecule has 0 bridgehead atoms. The standard InChI is InChI=1S/C20H22ClN3O/c21-16-8-9-19-18(11-16)22-20(14-23-10-4-7-17(25)13-23)24(19)12-15-5-2-1-3-6-15/h1-3,5-6,8-9,11,17,25H,4,7,10,12-14H2/t17-/m1/s1. The highest BCUT2D eigenvalue weighted by atomic mass is 35.5. The molecule has 1 atom stereocenters. The average molecular weight is 356 g/mol. The van der Waals surface area contributed by atoms with Crippen molar-refractivity contribution in [1.29, 1.82) is 0 Å². The zero-order valence-corrected chi connectivity index (χ0v) is 14.9. The topological polar surface area (TPSA) is 41.3 Å². The number of rotatable bonds is 4.